The molecule has 106 valence electrons. The molecule has 0 spiro atoms. The smallest absolute Gasteiger partial charge is 0.269 e. The quantitative estimate of drug-likeness (QED) is 0.671. The van der Waals surface area contributed by atoms with Crippen LogP contribution in [0.5, 0.6) is 0 Å². The number of anilines is 1. The van der Waals surface area contributed by atoms with E-state index < -0.39 is 0 Å². The lowest BCUT2D eigenvalue weighted by Gasteiger charge is -2.07. The van der Waals surface area contributed by atoms with Crippen molar-refractivity contribution >= 4 is 11.7 Å². The van der Waals surface area contributed by atoms with Crippen molar-refractivity contribution in [3.8, 4) is 0 Å². The van der Waals surface area contributed by atoms with Crippen LogP contribution >= 0.6 is 0 Å². The van der Waals surface area contributed by atoms with E-state index in [1.165, 1.54) is 0 Å². The highest BCUT2D eigenvalue weighted by atomic mass is 16.5. The van der Waals surface area contributed by atoms with E-state index in [9.17, 15) is 4.79 Å². The second-order valence-electron chi connectivity index (χ2n) is 4.29. The van der Waals surface area contributed by atoms with E-state index in [0.29, 0.717) is 12.2 Å². The van der Waals surface area contributed by atoms with Crippen LogP contribution in [0.15, 0.2) is 18.2 Å². The summed E-state index contributed by atoms with van der Waals surface area (Å²) in [5, 5.41) is 6.02. The number of hydrogen-bond acceptors (Lipinski definition) is 4. The number of aromatic nitrogens is 1. The Balaban J connectivity index is 2.38. The summed E-state index contributed by atoms with van der Waals surface area (Å²) in [7, 11) is 1.68. The van der Waals surface area contributed by atoms with Crippen LogP contribution in [0.1, 0.15) is 36.7 Å². The van der Waals surface area contributed by atoms with Gasteiger partial charge < -0.3 is 15.4 Å². The Morgan fingerprint density at radius 1 is 1.32 bits per heavy atom. The van der Waals surface area contributed by atoms with Gasteiger partial charge in [-0.1, -0.05) is 13.0 Å². The molecule has 1 amide bonds. The van der Waals surface area contributed by atoms with Gasteiger partial charge in [0.15, 0.2) is 0 Å². The summed E-state index contributed by atoms with van der Waals surface area (Å²) >= 11 is 0. The van der Waals surface area contributed by atoms with Crippen molar-refractivity contribution in [1.29, 1.82) is 0 Å². The first kappa shape index (κ1) is 15.4. The van der Waals surface area contributed by atoms with E-state index in [-0.39, 0.29) is 5.91 Å². The third-order valence-corrected chi connectivity index (χ3v) is 2.60. The number of methoxy groups -OCH3 is 1. The van der Waals surface area contributed by atoms with Crippen molar-refractivity contribution in [3.05, 3.63) is 23.9 Å². The van der Waals surface area contributed by atoms with Gasteiger partial charge >= 0.3 is 0 Å². The van der Waals surface area contributed by atoms with Gasteiger partial charge in [-0.3, -0.25) is 4.79 Å². The molecule has 0 radical (unpaired) electrons. The van der Waals surface area contributed by atoms with Crippen molar-refractivity contribution in [3.63, 3.8) is 0 Å². The third-order valence-electron chi connectivity index (χ3n) is 2.60. The van der Waals surface area contributed by atoms with Crippen LogP contribution < -0.4 is 10.6 Å². The van der Waals surface area contributed by atoms with Crippen LogP contribution in [-0.2, 0) is 4.74 Å². The lowest BCUT2D eigenvalue weighted by atomic mass is 10.3. The highest BCUT2D eigenvalue weighted by molar-refractivity contribution is 5.92. The Labute approximate surface area is 114 Å². The van der Waals surface area contributed by atoms with Crippen LogP contribution in [0.2, 0.25) is 0 Å². The number of ether oxygens (including phenoxy) is 1. The molecule has 1 rings (SSSR count). The summed E-state index contributed by atoms with van der Waals surface area (Å²) in [4.78, 5) is 16.1. The molecule has 0 saturated carbocycles. The second-order valence-corrected chi connectivity index (χ2v) is 4.29. The molecular weight excluding hydrogens is 242 g/mol. The summed E-state index contributed by atoms with van der Waals surface area (Å²) in [5.41, 5.74) is 0.452. The molecule has 0 aromatic carbocycles. The minimum absolute atomic E-state index is 0.127. The molecule has 0 aliphatic rings. The van der Waals surface area contributed by atoms with E-state index >= 15 is 0 Å². The fourth-order valence-electron chi connectivity index (χ4n) is 1.58. The fourth-order valence-corrected chi connectivity index (χ4v) is 1.58. The number of hydrogen-bond donors (Lipinski definition) is 2. The van der Waals surface area contributed by atoms with Crippen LogP contribution in [0, 0.1) is 0 Å². The van der Waals surface area contributed by atoms with Crippen LogP contribution in [0.3, 0.4) is 0 Å². The lowest BCUT2D eigenvalue weighted by Crippen LogP contribution is -2.25. The first-order chi connectivity index (χ1) is 9.27. The highest BCUT2D eigenvalue weighted by Gasteiger charge is 2.06. The predicted molar refractivity (Wildman–Crippen MR) is 76.5 cm³/mol. The van der Waals surface area contributed by atoms with Crippen LogP contribution in [0.25, 0.3) is 0 Å². The molecule has 0 unspecified atom stereocenters. The topological polar surface area (TPSA) is 63.2 Å². The molecule has 1 aromatic rings. The first-order valence-corrected chi connectivity index (χ1v) is 6.76. The van der Waals surface area contributed by atoms with Crippen molar-refractivity contribution in [1.82, 2.24) is 10.3 Å². The molecule has 0 bridgehead atoms. The van der Waals surface area contributed by atoms with Crippen molar-refractivity contribution in [2.24, 2.45) is 0 Å². The van der Waals surface area contributed by atoms with Gasteiger partial charge in [0, 0.05) is 26.8 Å². The number of nitrogens with zero attached hydrogens (tertiary/aromatic N) is 1. The lowest BCUT2D eigenvalue weighted by molar-refractivity contribution is 0.0946. The maximum atomic E-state index is 11.9. The van der Waals surface area contributed by atoms with Gasteiger partial charge in [-0.05, 0) is 31.4 Å². The number of nitrogens with one attached hydrogen (secondary N) is 2. The zero-order chi connectivity index (χ0) is 13.9. The normalized spacial score (nSPS) is 10.2. The Morgan fingerprint density at radius 3 is 2.89 bits per heavy atom. The van der Waals surface area contributed by atoms with Crippen LogP contribution in [-0.4, -0.2) is 37.7 Å². The number of carbonyl (C=O) groups is 1. The molecule has 2 N–H and O–H groups in total. The minimum atomic E-state index is -0.127. The Bertz CT molecular complexity index is 383. The van der Waals surface area contributed by atoms with Gasteiger partial charge in [0.1, 0.15) is 11.5 Å². The molecule has 0 atom stereocenters. The highest BCUT2D eigenvalue weighted by Crippen LogP contribution is 2.05. The average molecular weight is 265 g/mol. The Hall–Kier alpha value is -1.62. The van der Waals surface area contributed by atoms with Gasteiger partial charge in [-0.25, -0.2) is 4.98 Å². The monoisotopic (exact) mass is 265 g/mol. The number of amides is 1. The van der Waals surface area contributed by atoms with Crippen molar-refractivity contribution < 1.29 is 9.53 Å². The van der Waals surface area contributed by atoms with Crippen molar-refractivity contribution in [2.45, 2.75) is 26.2 Å². The van der Waals surface area contributed by atoms with E-state index in [1.807, 2.05) is 12.1 Å². The van der Waals surface area contributed by atoms with E-state index in [4.69, 9.17) is 4.74 Å². The maximum absolute atomic E-state index is 11.9. The maximum Gasteiger partial charge on any atom is 0.269 e. The molecule has 0 fully saturated rings. The molecule has 5 nitrogen and oxygen atoms in total. The molecule has 0 aliphatic heterocycles. The molecule has 0 aliphatic carbocycles. The first-order valence-electron chi connectivity index (χ1n) is 6.76. The SMILES string of the molecule is CCCNc1cccc(C(=O)NCCCCOC)n1. The molecular formula is C14H23N3O2. The molecule has 19 heavy (non-hydrogen) atoms. The van der Waals surface area contributed by atoms with Gasteiger partial charge in [0.2, 0.25) is 0 Å². The van der Waals surface area contributed by atoms with Crippen LogP contribution in [0.4, 0.5) is 5.82 Å². The summed E-state index contributed by atoms with van der Waals surface area (Å²) < 4.78 is 4.95. The van der Waals surface area contributed by atoms with E-state index in [2.05, 4.69) is 22.5 Å². The largest absolute Gasteiger partial charge is 0.385 e. The van der Waals surface area contributed by atoms with E-state index in [1.54, 1.807) is 13.2 Å². The zero-order valence-electron chi connectivity index (χ0n) is 11.7. The molecule has 0 saturated heterocycles. The van der Waals surface area contributed by atoms with Gasteiger partial charge in [0.05, 0.1) is 0 Å². The third kappa shape index (κ3) is 6.20. The number of rotatable bonds is 9. The molecule has 1 aromatic heterocycles. The number of unbranched alkanes of at least 4 members (excludes halogenated alkanes) is 1. The van der Waals surface area contributed by atoms with Gasteiger partial charge in [0.25, 0.3) is 5.91 Å². The molecule has 5 heteroatoms. The number of pyridine rings is 1. The van der Waals surface area contributed by atoms with Crippen molar-refractivity contribution in [2.75, 3.05) is 32.1 Å². The Morgan fingerprint density at radius 2 is 2.16 bits per heavy atom. The van der Waals surface area contributed by atoms with Gasteiger partial charge in [-0.2, -0.15) is 0 Å². The van der Waals surface area contributed by atoms with Gasteiger partial charge in [-0.15, -0.1) is 0 Å². The zero-order valence-corrected chi connectivity index (χ0v) is 11.7. The number of carbonyl (C=O) groups excluding carboxylic acids is 1. The Kier molecular flexibility index (Phi) is 7.58. The summed E-state index contributed by atoms with van der Waals surface area (Å²) in [5.74, 6) is 0.617. The summed E-state index contributed by atoms with van der Waals surface area (Å²) in [6, 6.07) is 5.43. The minimum Gasteiger partial charge on any atom is -0.385 e. The fraction of sp³-hybridized carbons (Fsp3) is 0.571. The predicted octanol–water partition coefficient (Wildman–Crippen LogP) is 2.06. The van der Waals surface area contributed by atoms with E-state index in [0.717, 1.165) is 38.2 Å². The standard InChI is InChI=1S/C14H23N3O2/c1-3-9-15-13-8-6-7-12(17-13)14(18)16-10-4-5-11-19-2/h6-8H,3-5,9-11H2,1-2H3,(H,15,17)(H,16,18). The second kappa shape index (κ2) is 9.33. The summed E-state index contributed by atoms with van der Waals surface area (Å²) in [6.07, 6.45) is 2.88. The average Bonchev–Trinajstić information content (AvgIpc) is 2.45. The summed E-state index contributed by atoms with van der Waals surface area (Å²) in [6.45, 7) is 4.32. The molecule has 1 heterocycles.